The van der Waals surface area contributed by atoms with Crippen LogP contribution in [0.5, 0.6) is 0 Å². The fourth-order valence-electron chi connectivity index (χ4n) is 6.92. The number of nitrogens with zero attached hydrogens (tertiary/aromatic N) is 7. The first-order valence-electron chi connectivity index (χ1n) is 16.9. The van der Waals surface area contributed by atoms with Crippen molar-refractivity contribution in [1.82, 2.24) is 29.4 Å². The van der Waals surface area contributed by atoms with Crippen molar-refractivity contribution in [2.24, 2.45) is 28.0 Å². The molecule has 1 unspecified atom stereocenters. The van der Waals surface area contributed by atoms with Crippen LogP contribution in [0.2, 0.25) is 5.02 Å². The van der Waals surface area contributed by atoms with Gasteiger partial charge in [-0.25, -0.2) is 32.5 Å². The Hall–Kier alpha value is -4.86. The molecule has 1 amide bonds. The Morgan fingerprint density at radius 3 is 2.40 bits per heavy atom. The lowest BCUT2D eigenvalue weighted by Gasteiger charge is -2.35. The van der Waals surface area contributed by atoms with Crippen LogP contribution in [0.15, 0.2) is 66.2 Å². The zero-order chi connectivity index (χ0) is 38.4. The highest BCUT2D eigenvalue weighted by Gasteiger charge is 2.53. The highest BCUT2D eigenvalue weighted by atomic mass is 35.5. The van der Waals surface area contributed by atoms with Crippen molar-refractivity contribution < 1.29 is 36.3 Å². The van der Waals surface area contributed by atoms with Gasteiger partial charge in [0.2, 0.25) is 0 Å². The van der Waals surface area contributed by atoms with E-state index in [1.807, 2.05) is 20.8 Å². The van der Waals surface area contributed by atoms with E-state index < -0.39 is 60.5 Å². The van der Waals surface area contributed by atoms with Crippen LogP contribution >= 0.6 is 11.6 Å². The number of aromatic nitrogens is 5. The van der Waals surface area contributed by atoms with Crippen molar-refractivity contribution in [3.05, 3.63) is 83.2 Å². The van der Waals surface area contributed by atoms with Gasteiger partial charge >= 0.3 is 12.5 Å². The summed E-state index contributed by atoms with van der Waals surface area (Å²) in [6.45, 7) is 4.00. The van der Waals surface area contributed by atoms with Crippen molar-refractivity contribution in [3.63, 3.8) is 0 Å². The average molecular weight is 761 g/mol. The molecule has 0 saturated heterocycles. The van der Waals surface area contributed by atoms with Gasteiger partial charge in [-0.3, -0.25) is 14.5 Å². The lowest BCUT2D eigenvalue weighted by Crippen LogP contribution is -2.47. The number of amides is 1. The molecule has 1 fully saturated rings. The number of rotatable bonds is 13. The second-order valence-corrected chi connectivity index (χ2v) is 15.0. The maximum absolute atomic E-state index is 14.9. The van der Waals surface area contributed by atoms with Gasteiger partial charge in [0.05, 0.1) is 22.9 Å². The molecule has 0 spiro atoms. The third-order valence-corrected chi connectivity index (χ3v) is 9.79. The normalized spacial score (nSPS) is 21.3. The van der Waals surface area contributed by atoms with E-state index in [2.05, 4.69) is 15.2 Å². The summed E-state index contributed by atoms with van der Waals surface area (Å²) in [6.07, 6.45) is 0.123. The van der Waals surface area contributed by atoms with Gasteiger partial charge in [0.15, 0.2) is 17.3 Å². The number of aliphatic imine (C=N–C) groups is 1. The van der Waals surface area contributed by atoms with Crippen molar-refractivity contribution in [3.8, 4) is 16.8 Å². The lowest BCUT2D eigenvalue weighted by atomic mass is 9.75. The molecule has 11 nitrogen and oxygen atoms in total. The summed E-state index contributed by atoms with van der Waals surface area (Å²) in [4.78, 5) is 37.6. The molecule has 2 aromatic heterocycles. The van der Waals surface area contributed by atoms with E-state index in [-0.39, 0.29) is 41.3 Å². The fourth-order valence-corrected chi connectivity index (χ4v) is 7.12. The highest BCUT2D eigenvalue weighted by Crippen LogP contribution is 2.47. The maximum Gasteiger partial charge on any atom is 0.333 e. The van der Waals surface area contributed by atoms with Gasteiger partial charge in [0.1, 0.15) is 19.1 Å². The van der Waals surface area contributed by atoms with Gasteiger partial charge in [-0.15, -0.1) is 0 Å². The minimum atomic E-state index is -2.99. The molecule has 17 heteroatoms. The smallest absolute Gasteiger partial charge is 0.333 e. The Bertz CT molecular complexity index is 2010. The number of hydrogen-bond acceptors (Lipinski definition) is 8. The molecule has 2 N–H and O–H groups in total. The Balaban J connectivity index is 1.38. The third kappa shape index (κ3) is 7.78. The summed E-state index contributed by atoms with van der Waals surface area (Å²) in [5, 5.41) is 7.67. The Morgan fingerprint density at radius 2 is 1.79 bits per heavy atom. The van der Waals surface area contributed by atoms with Gasteiger partial charge in [0, 0.05) is 18.2 Å². The van der Waals surface area contributed by atoms with E-state index in [1.54, 1.807) is 30.3 Å². The first-order chi connectivity index (χ1) is 25.0. The summed E-state index contributed by atoms with van der Waals surface area (Å²) >= 11 is 6.47. The molecule has 0 bridgehead atoms. The second-order valence-electron chi connectivity index (χ2n) is 14.6. The highest BCUT2D eigenvalue weighted by molar-refractivity contribution is 6.32. The molecule has 3 heterocycles. The number of carbonyl (C=O) groups excluding carboxylic acids is 2. The number of carbonyl (C=O) groups is 2. The monoisotopic (exact) mass is 760 g/mol. The van der Waals surface area contributed by atoms with Crippen LogP contribution in [0.3, 0.4) is 0 Å². The van der Waals surface area contributed by atoms with Crippen LogP contribution in [0.4, 0.5) is 22.0 Å². The van der Waals surface area contributed by atoms with E-state index in [4.69, 9.17) is 27.1 Å². The van der Waals surface area contributed by atoms with Gasteiger partial charge < -0.3 is 10.5 Å². The first kappa shape index (κ1) is 37.9. The van der Waals surface area contributed by atoms with E-state index in [9.17, 15) is 31.5 Å². The molecule has 1 saturated carbocycles. The van der Waals surface area contributed by atoms with E-state index in [0.717, 1.165) is 11.0 Å². The van der Waals surface area contributed by atoms with Crippen molar-refractivity contribution >= 4 is 29.4 Å². The predicted molar refractivity (Wildman–Crippen MR) is 185 cm³/mol. The third-order valence-electron chi connectivity index (χ3n) is 9.47. The number of nitrogens with two attached hydrogens (primary N) is 1. The number of halogens is 6. The quantitative estimate of drug-likeness (QED) is 0.110. The molecule has 1 aliphatic heterocycles. The minimum Gasteiger partial charge on any atom is -0.463 e. The van der Waals surface area contributed by atoms with Crippen LogP contribution in [-0.2, 0) is 19.9 Å². The SMILES string of the molecule is CC(F)[C@@H]1C[C@H]1CC(=O)OC[C@H](c1ccc(Cl)c(-n2ncnc2C(F)F)c1)N1C(=O)[C@@](CC(C)(C)C)(c2ccc(-c3cnn(C(F)F)c3)cc2)N=C1N. The van der Waals surface area contributed by atoms with Crippen molar-refractivity contribution in [1.29, 1.82) is 0 Å². The second kappa shape index (κ2) is 14.5. The Morgan fingerprint density at radius 1 is 1.08 bits per heavy atom. The number of guanidine groups is 1. The van der Waals surface area contributed by atoms with Gasteiger partial charge in [-0.2, -0.15) is 19.0 Å². The minimum absolute atomic E-state index is 0.0255. The molecule has 6 rings (SSSR count). The first-order valence-corrected chi connectivity index (χ1v) is 17.3. The lowest BCUT2D eigenvalue weighted by molar-refractivity contribution is -0.148. The van der Waals surface area contributed by atoms with Crippen LogP contribution in [0.1, 0.15) is 82.9 Å². The number of esters is 1. The average Bonchev–Trinajstić information content (AvgIpc) is 3.38. The zero-order valence-corrected chi connectivity index (χ0v) is 30.0. The molecule has 5 atom stereocenters. The predicted octanol–water partition coefficient (Wildman–Crippen LogP) is 7.57. The van der Waals surface area contributed by atoms with E-state index in [1.165, 1.54) is 36.4 Å². The Kier molecular flexibility index (Phi) is 10.4. The molecule has 282 valence electrons. The number of hydrogen-bond donors (Lipinski definition) is 1. The van der Waals surface area contributed by atoms with Crippen LogP contribution in [0, 0.1) is 17.3 Å². The summed E-state index contributed by atoms with van der Waals surface area (Å²) in [6, 6.07) is 9.96. The zero-order valence-electron chi connectivity index (χ0n) is 29.3. The standard InChI is InChI=1S/C36H38ClF5N8O3/c1-19(38)25-11-22(25)13-29(51)53-16-28(21-7-10-26(37)27(12-21)50-31(30(39)40)44-18-46-50)49-32(52)36(47-34(49)43,17-35(2,3)4)24-8-5-20(6-9-24)23-14-45-48(15-23)33(41)42/h5-10,12,14-15,18-19,22,25,28,30,33H,11,13,16-17H2,1-4H3,(H2,43,47)/t19?,22-,25-,28+,36+/m0/s1. The van der Waals surface area contributed by atoms with Gasteiger partial charge in [-0.1, -0.05) is 62.7 Å². The number of benzene rings is 2. The van der Waals surface area contributed by atoms with Crippen molar-refractivity contribution in [2.45, 2.75) is 77.7 Å². The van der Waals surface area contributed by atoms with Crippen LogP contribution < -0.4 is 5.73 Å². The largest absolute Gasteiger partial charge is 0.463 e. The summed E-state index contributed by atoms with van der Waals surface area (Å²) < 4.78 is 75.0. The Labute approximate surface area is 307 Å². The van der Waals surface area contributed by atoms with E-state index in [0.29, 0.717) is 33.4 Å². The summed E-state index contributed by atoms with van der Waals surface area (Å²) in [5.74, 6) is -2.43. The molecule has 2 aromatic carbocycles. The van der Waals surface area contributed by atoms with Gasteiger partial charge in [-0.05, 0) is 65.8 Å². The van der Waals surface area contributed by atoms with Crippen LogP contribution in [-0.4, -0.2) is 60.1 Å². The molecule has 53 heavy (non-hydrogen) atoms. The molecular weight excluding hydrogens is 723 g/mol. The number of ether oxygens (including phenoxy) is 1. The van der Waals surface area contributed by atoms with Crippen molar-refractivity contribution in [2.75, 3.05) is 6.61 Å². The molecule has 1 aliphatic carbocycles. The van der Waals surface area contributed by atoms with Crippen LogP contribution in [0.25, 0.3) is 16.8 Å². The number of alkyl halides is 5. The van der Waals surface area contributed by atoms with E-state index >= 15 is 0 Å². The summed E-state index contributed by atoms with van der Waals surface area (Å²) in [7, 11) is 0. The maximum atomic E-state index is 14.9. The summed E-state index contributed by atoms with van der Waals surface area (Å²) in [5.41, 5.74) is 6.34. The molecule has 4 aromatic rings. The molecular formula is C36H38ClF5N8O3. The molecule has 2 aliphatic rings. The topological polar surface area (TPSA) is 134 Å². The fraction of sp³-hybridized carbons (Fsp3) is 0.444. The van der Waals surface area contributed by atoms with Gasteiger partial charge in [0.25, 0.3) is 12.3 Å². The molecule has 0 radical (unpaired) electrons.